The number of ketones is 1. The molecule has 15 heavy (non-hydrogen) atoms. The fraction of sp³-hybridized carbons (Fsp3) is 0.364. The van der Waals surface area contributed by atoms with Gasteiger partial charge >= 0.3 is 0 Å². The number of ether oxygens (including phenoxy) is 2. The summed E-state index contributed by atoms with van der Waals surface area (Å²) in [5.41, 5.74) is 0.853. The number of carbonyl (C=O) groups excluding carboxylic acids is 1. The van der Waals surface area contributed by atoms with E-state index in [0.29, 0.717) is 17.9 Å². The molecule has 0 bridgehead atoms. The van der Waals surface area contributed by atoms with Crippen LogP contribution in [0.4, 0.5) is 0 Å². The van der Waals surface area contributed by atoms with E-state index in [-0.39, 0.29) is 5.78 Å². The van der Waals surface area contributed by atoms with Crippen molar-refractivity contribution in [3.05, 3.63) is 22.2 Å². The van der Waals surface area contributed by atoms with Gasteiger partial charge in [0.15, 0.2) is 0 Å². The summed E-state index contributed by atoms with van der Waals surface area (Å²) >= 11 is 3.40. The van der Waals surface area contributed by atoms with Crippen LogP contribution in [0.1, 0.15) is 12.5 Å². The number of rotatable bonds is 4. The zero-order chi connectivity index (χ0) is 11.4. The van der Waals surface area contributed by atoms with Crippen molar-refractivity contribution in [1.29, 1.82) is 0 Å². The van der Waals surface area contributed by atoms with E-state index in [1.807, 2.05) is 6.07 Å². The van der Waals surface area contributed by atoms with Gasteiger partial charge in [0.2, 0.25) is 0 Å². The highest BCUT2D eigenvalue weighted by molar-refractivity contribution is 9.10. The van der Waals surface area contributed by atoms with Gasteiger partial charge in [-0.05, 0) is 13.0 Å². The summed E-state index contributed by atoms with van der Waals surface area (Å²) in [6.07, 6.45) is 0.355. The summed E-state index contributed by atoms with van der Waals surface area (Å²) < 4.78 is 11.1. The van der Waals surface area contributed by atoms with E-state index >= 15 is 0 Å². The topological polar surface area (TPSA) is 35.5 Å². The van der Waals surface area contributed by atoms with Crippen molar-refractivity contribution < 1.29 is 14.3 Å². The van der Waals surface area contributed by atoms with Crippen molar-refractivity contribution in [2.75, 3.05) is 14.2 Å². The lowest BCUT2D eigenvalue weighted by Crippen LogP contribution is -2.01. The van der Waals surface area contributed by atoms with E-state index in [0.717, 1.165) is 10.0 Å². The minimum absolute atomic E-state index is 0.0965. The molecule has 1 aromatic rings. The summed E-state index contributed by atoms with van der Waals surface area (Å²) in [4.78, 5) is 11.1. The molecule has 0 radical (unpaired) electrons. The Morgan fingerprint density at radius 3 is 2.47 bits per heavy atom. The third-order valence-corrected chi connectivity index (χ3v) is 2.72. The monoisotopic (exact) mass is 272 g/mol. The van der Waals surface area contributed by atoms with Crippen LogP contribution in [-0.2, 0) is 11.2 Å². The van der Waals surface area contributed by atoms with Gasteiger partial charge < -0.3 is 9.47 Å². The number of benzene rings is 1. The highest BCUT2D eigenvalue weighted by Gasteiger charge is 2.12. The Morgan fingerprint density at radius 1 is 1.33 bits per heavy atom. The highest BCUT2D eigenvalue weighted by atomic mass is 79.9. The van der Waals surface area contributed by atoms with Gasteiger partial charge in [-0.25, -0.2) is 0 Å². The van der Waals surface area contributed by atoms with Gasteiger partial charge in [0.25, 0.3) is 0 Å². The minimum atomic E-state index is 0.0965. The van der Waals surface area contributed by atoms with Gasteiger partial charge in [-0.15, -0.1) is 0 Å². The number of hydrogen-bond donors (Lipinski definition) is 0. The first kappa shape index (κ1) is 12.0. The van der Waals surface area contributed by atoms with E-state index < -0.39 is 0 Å². The van der Waals surface area contributed by atoms with Crippen LogP contribution in [0.15, 0.2) is 16.6 Å². The maximum Gasteiger partial charge on any atom is 0.134 e. The number of hydrogen-bond acceptors (Lipinski definition) is 3. The fourth-order valence-corrected chi connectivity index (χ4v) is 1.87. The molecule has 0 N–H and O–H groups in total. The molecule has 0 aromatic heterocycles. The Labute approximate surface area is 97.5 Å². The second-order valence-electron chi connectivity index (χ2n) is 3.17. The molecule has 0 aliphatic carbocycles. The maximum absolute atomic E-state index is 11.1. The molecule has 1 rings (SSSR count). The second kappa shape index (κ2) is 5.16. The number of methoxy groups -OCH3 is 2. The van der Waals surface area contributed by atoms with Crippen LogP contribution in [0, 0.1) is 0 Å². The lowest BCUT2D eigenvalue weighted by atomic mass is 10.1. The molecule has 0 saturated carbocycles. The summed E-state index contributed by atoms with van der Waals surface area (Å²) in [5.74, 6) is 1.46. The quantitative estimate of drug-likeness (QED) is 0.845. The lowest BCUT2D eigenvalue weighted by molar-refractivity contribution is -0.116. The molecular formula is C11H13BrO3. The predicted molar refractivity (Wildman–Crippen MR) is 61.6 cm³/mol. The van der Waals surface area contributed by atoms with Gasteiger partial charge in [0.1, 0.15) is 17.3 Å². The maximum atomic E-state index is 11.1. The first-order valence-corrected chi connectivity index (χ1v) is 5.27. The zero-order valence-electron chi connectivity index (χ0n) is 8.96. The number of Topliss-reactive ketones (excluding diaryl/α,β-unsaturated/α-hetero) is 1. The Bertz CT molecular complexity index is 374. The van der Waals surface area contributed by atoms with Crippen molar-refractivity contribution in [2.45, 2.75) is 13.3 Å². The van der Waals surface area contributed by atoms with Crippen LogP contribution >= 0.6 is 15.9 Å². The van der Waals surface area contributed by atoms with Crippen LogP contribution in [0.5, 0.6) is 11.5 Å². The summed E-state index contributed by atoms with van der Waals surface area (Å²) in [7, 11) is 3.16. The average Bonchev–Trinajstić information content (AvgIpc) is 2.20. The van der Waals surface area contributed by atoms with E-state index in [9.17, 15) is 4.79 Å². The summed E-state index contributed by atoms with van der Waals surface area (Å²) in [5, 5.41) is 0. The van der Waals surface area contributed by atoms with Crippen molar-refractivity contribution in [3.8, 4) is 11.5 Å². The molecular weight excluding hydrogens is 260 g/mol. The summed E-state index contributed by atoms with van der Waals surface area (Å²) in [6, 6.07) is 3.59. The molecule has 3 nitrogen and oxygen atoms in total. The predicted octanol–water partition coefficient (Wildman–Crippen LogP) is 2.60. The van der Waals surface area contributed by atoms with Crippen molar-refractivity contribution >= 4 is 21.7 Å². The lowest BCUT2D eigenvalue weighted by Gasteiger charge is -2.11. The Morgan fingerprint density at radius 2 is 2.00 bits per heavy atom. The molecule has 0 heterocycles. The zero-order valence-corrected chi connectivity index (χ0v) is 10.6. The first-order valence-electron chi connectivity index (χ1n) is 4.48. The molecule has 4 heteroatoms. The second-order valence-corrected chi connectivity index (χ2v) is 4.02. The fourth-order valence-electron chi connectivity index (χ4n) is 1.31. The summed E-state index contributed by atoms with van der Waals surface area (Å²) in [6.45, 7) is 1.55. The van der Waals surface area contributed by atoms with Gasteiger partial charge in [0.05, 0.1) is 14.2 Å². The minimum Gasteiger partial charge on any atom is -0.497 e. The number of carbonyl (C=O) groups is 1. The molecule has 82 valence electrons. The van der Waals surface area contributed by atoms with E-state index in [4.69, 9.17) is 9.47 Å². The van der Waals surface area contributed by atoms with Gasteiger partial charge in [0, 0.05) is 22.5 Å². The molecule has 0 atom stereocenters. The van der Waals surface area contributed by atoms with E-state index in [1.165, 1.54) is 0 Å². The van der Waals surface area contributed by atoms with Crippen molar-refractivity contribution in [2.24, 2.45) is 0 Å². The Balaban J connectivity index is 3.18. The molecule has 0 amide bonds. The van der Waals surface area contributed by atoms with Gasteiger partial charge in [-0.3, -0.25) is 4.79 Å². The van der Waals surface area contributed by atoms with Crippen molar-refractivity contribution in [1.82, 2.24) is 0 Å². The molecule has 0 fully saturated rings. The Hall–Kier alpha value is -1.03. The molecule has 0 unspecified atom stereocenters. The van der Waals surface area contributed by atoms with Crippen molar-refractivity contribution in [3.63, 3.8) is 0 Å². The SMILES string of the molecule is COc1cc(Br)c(CC(C)=O)c(OC)c1. The normalized spacial score (nSPS) is 9.87. The first-order chi connectivity index (χ1) is 7.08. The van der Waals surface area contributed by atoms with Crippen LogP contribution < -0.4 is 9.47 Å². The smallest absolute Gasteiger partial charge is 0.134 e. The molecule has 0 saturated heterocycles. The molecule has 0 aliphatic heterocycles. The van der Waals surface area contributed by atoms with Crippen LogP contribution in [0.2, 0.25) is 0 Å². The van der Waals surface area contributed by atoms with Gasteiger partial charge in [-0.2, -0.15) is 0 Å². The van der Waals surface area contributed by atoms with E-state index in [2.05, 4.69) is 15.9 Å². The van der Waals surface area contributed by atoms with Crippen LogP contribution in [0.25, 0.3) is 0 Å². The standard InChI is InChI=1S/C11H13BrO3/c1-7(13)4-9-10(12)5-8(14-2)6-11(9)15-3/h5-6H,4H2,1-3H3. The molecule has 0 spiro atoms. The molecule has 1 aromatic carbocycles. The third-order valence-electron chi connectivity index (χ3n) is 2.01. The molecule has 0 aliphatic rings. The average molecular weight is 273 g/mol. The highest BCUT2D eigenvalue weighted by Crippen LogP contribution is 2.32. The van der Waals surface area contributed by atoms with E-state index in [1.54, 1.807) is 27.2 Å². The van der Waals surface area contributed by atoms with Gasteiger partial charge in [-0.1, -0.05) is 15.9 Å². The Kier molecular flexibility index (Phi) is 4.15. The van der Waals surface area contributed by atoms with Crippen LogP contribution in [0.3, 0.4) is 0 Å². The number of halogens is 1. The van der Waals surface area contributed by atoms with Crippen LogP contribution in [-0.4, -0.2) is 20.0 Å². The largest absolute Gasteiger partial charge is 0.497 e. The third kappa shape index (κ3) is 2.96.